The van der Waals surface area contributed by atoms with E-state index < -0.39 is 16.1 Å². The molecule has 1 amide bonds. The quantitative estimate of drug-likeness (QED) is 0.717. The maximum Gasteiger partial charge on any atom is 0.241 e. The Morgan fingerprint density at radius 3 is 2.46 bits per heavy atom. The Morgan fingerprint density at radius 2 is 1.88 bits per heavy atom. The number of carbonyl (C=O) groups is 1. The highest BCUT2D eigenvalue weighted by Crippen LogP contribution is 2.27. The second kappa shape index (κ2) is 9.02. The van der Waals surface area contributed by atoms with Gasteiger partial charge >= 0.3 is 0 Å². The Hall–Kier alpha value is -2.09. The molecule has 2 N–H and O–H groups in total. The van der Waals surface area contributed by atoms with Crippen molar-refractivity contribution in [2.45, 2.75) is 24.3 Å². The molecule has 0 unspecified atom stereocenters. The van der Waals surface area contributed by atoms with E-state index in [1.165, 1.54) is 25.3 Å². The number of hydrogen-bond acceptors (Lipinski definition) is 4. The lowest BCUT2D eigenvalue weighted by Gasteiger charge is -2.18. The standard InChI is InChI=1S/C18H21ClN2O4S/c1-3-20-18(22)16(11-13-7-5-4-6-8-13)21-26(23,24)14-9-10-17(25-2)15(19)12-14/h4-10,12,16,21H,3,11H2,1-2H3,(H,20,22)/t16-/m1/s1. The van der Waals surface area contributed by atoms with Gasteiger partial charge in [0.2, 0.25) is 15.9 Å². The number of carbonyl (C=O) groups excluding carboxylic acids is 1. The molecule has 2 aromatic carbocycles. The molecule has 0 aromatic heterocycles. The molecule has 0 spiro atoms. The SMILES string of the molecule is CCNC(=O)[C@@H](Cc1ccccc1)NS(=O)(=O)c1ccc(OC)c(Cl)c1. The molecule has 8 heteroatoms. The van der Waals surface area contributed by atoms with E-state index in [0.717, 1.165) is 5.56 Å². The molecule has 1 atom stereocenters. The van der Waals surface area contributed by atoms with Crippen LogP contribution in [-0.4, -0.2) is 34.0 Å². The Bertz CT molecular complexity index is 857. The molecule has 0 fully saturated rings. The van der Waals surface area contributed by atoms with Crippen LogP contribution in [0.15, 0.2) is 53.4 Å². The number of ether oxygens (including phenoxy) is 1. The average Bonchev–Trinajstić information content (AvgIpc) is 2.62. The predicted molar refractivity (Wildman–Crippen MR) is 101 cm³/mol. The zero-order valence-electron chi connectivity index (χ0n) is 14.5. The molecule has 2 aromatic rings. The molecule has 26 heavy (non-hydrogen) atoms. The molecule has 0 aliphatic heterocycles. The molecule has 0 saturated carbocycles. The molecule has 0 aliphatic carbocycles. The fourth-order valence-electron chi connectivity index (χ4n) is 2.40. The summed E-state index contributed by atoms with van der Waals surface area (Å²) in [5, 5.41) is 2.83. The number of likely N-dealkylation sites (N-methyl/N-ethyl adjacent to an activating group) is 1. The van der Waals surface area contributed by atoms with Gasteiger partial charge in [-0.25, -0.2) is 8.42 Å². The highest BCUT2D eigenvalue weighted by molar-refractivity contribution is 7.89. The third-order valence-corrected chi connectivity index (χ3v) is 5.45. The van der Waals surface area contributed by atoms with Crippen LogP contribution in [0.2, 0.25) is 5.02 Å². The van der Waals surface area contributed by atoms with Gasteiger partial charge in [-0.05, 0) is 37.1 Å². The lowest BCUT2D eigenvalue weighted by molar-refractivity contribution is -0.122. The van der Waals surface area contributed by atoms with E-state index >= 15 is 0 Å². The Balaban J connectivity index is 2.27. The number of hydrogen-bond donors (Lipinski definition) is 2. The lowest BCUT2D eigenvalue weighted by Crippen LogP contribution is -2.47. The van der Waals surface area contributed by atoms with Crippen molar-refractivity contribution in [1.82, 2.24) is 10.0 Å². The zero-order valence-corrected chi connectivity index (χ0v) is 16.1. The third-order valence-electron chi connectivity index (χ3n) is 3.68. The van der Waals surface area contributed by atoms with Crippen LogP contribution in [0.1, 0.15) is 12.5 Å². The Morgan fingerprint density at radius 1 is 1.19 bits per heavy atom. The highest BCUT2D eigenvalue weighted by atomic mass is 35.5. The van der Waals surface area contributed by atoms with Crippen molar-refractivity contribution in [2.75, 3.05) is 13.7 Å². The van der Waals surface area contributed by atoms with Gasteiger partial charge in [0.1, 0.15) is 11.8 Å². The van der Waals surface area contributed by atoms with Gasteiger partial charge in [0.05, 0.1) is 17.0 Å². The van der Waals surface area contributed by atoms with Gasteiger partial charge in [0, 0.05) is 6.54 Å². The summed E-state index contributed by atoms with van der Waals surface area (Å²) < 4.78 is 32.9. The number of rotatable bonds is 8. The number of benzene rings is 2. The van der Waals surface area contributed by atoms with Gasteiger partial charge < -0.3 is 10.1 Å². The van der Waals surface area contributed by atoms with Crippen molar-refractivity contribution >= 4 is 27.5 Å². The summed E-state index contributed by atoms with van der Waals surface area (Å²) in [6, 6.07) is 12.4. The zero-order chi connectivity index (χ0) is 19.2. The Labute approximate surface area is 158 Å². The van der Waals surface area contributed by atoms with E-state index in [1.807, 2.05) is 30.3 Å². The summed E-state index contributed by atoms with van der Waals surface area (Å²) in [4.78, 5) is 12.3. The van der Waals surface area contributed by atoms with Crippen molar-refractivity contribution in [1.29, 1.82) is 0 Å². The maximum atomic E-state index is 12.7. The molecule has 2 rings (SSSR count). The van der Waals surface area contributed by atoms with Crippen LogP contribution < -0.4 is 14.8 Å². The molecule has 0 radical (unpaired) electrons. The molecule has 0 bridgehead atoms. The van der Waals surface area contributed by atoms with Crippen LogP contribution in [0.25, 0.3) is 0 Å². The third kappa shape index (κ3) is 5.20. The summed E-state index contributed by atoms with van der Waals surface area (Å²) >= 11 is 6.02. The summed E-state index contributed by atoms with van der Waals surface area (Å²) in [5.41, 5.74) is 0.846. The van der Waals surface area contributed by atoms with Crippen molar-refractivity contribution in [3.8, 4) is 5.75 Å². The second-order valence-corrected chi connectivity index (χ2v) is 7.68. The van der Waals surface area contributed by atoms with E-state index in [1.54, 1.807) is 6.92 Å². The van der Waals surface area contributed by atoms with E-state index in [9.17, 15) is 13.2 Å². The topological polar surface area (TPSA) is 84.5 Å². The van der Waals surface area contributed by atoms with Crippen LogP contribution in [-0.2, 0) is 21.2 Å². The number of amides is 1. The fraction of sp³-hybridized carbons (Fsp3) is 0.278. The summed E-state index contributed by atoms with van der Waals surface area (Å²) in [5.74, 6) is -0.0188. The van der Waals surface area contributed by atoms with Crippen LogP contribution in [0.4, 0.5) is 0 Å². The van der Waals surface area contributed by atoms with E-state index in [2.05, 4.69) is 10.0 Å². The molecule has 0 heterocycles. The largest absolute Gasteiger partial charge is 0.495 e. The number of nitrogens with one attached hydrogen (secondary N) is 2. The monoisotopic (exact) mass is 396 g/mol. The summed E-state index contributed by atoms with van der Waals surface area (Å²) in [7, 11) is -2.50. The summed E-state index contributed by atoms with van der Waals surface area (Å²) in [6.45, 7) is 2.18. The number of methoxy groups -OCH3 is 1. The van der Waals surface area contributed by atoms with E-state index in [0.29, 0.717) is 12.3 Å². The first kappa shape index (κ1) is 20.2. The van der Waals surface area contributed by atoms with Gasteiger partial charge in [0.15, 0.2) is 0 Å². The number of halogens is 1. The minimum atomic E-state index is -3.94. The van der Waals surface area contributed by atoms with Crippen LogP contribution in [0, 0.1) is 0 Å². The first-order valence-corrected chi connectivity index (χ1v) is 9.91. The minimum Gasteiger partial charge on any atom is -0.495 e. The smallest absolute Gasteiger partial charge is 0.241 e. The Kier molecular flexibility index (Phi) is 7.02. The molecule has 0 saturated heterocycles. The van der Waals surface area contributed by atoms with Crippen LogP contribution in [0.5, 0.6) is 5.75 Å². The molecular formula is C18H21ClN2O4S. The minimum absolute atomic E-state index is 0.0364. The highest BCUT2D eigenvalue weighted by Gasteiger charge is 2.26. The second-order valence-electron chi connectivity index (χ2n) is 5.55. The first-order chi connectivity index (χ1) is 12.4. The normalized spacial score (nSPS) is 12.4. The molecule has 0 aliphatic rings. The van der Waals surface area contributed by atoms with E-state index in [-0.39, 0.29) is 22.2 Å². The number of sulfonamides is 1. The van der Waals surface area contributed by atoms with Gasteiger partial charge in [-0.15, -0.1) is 0 Å². The van der Waals surface area contributed by atoms with Crippen molar-refractivity contribution < 1.29 is 17.9 Å². The van der Waals surface area contributed by atoms with Gasteiger partial charge in [-0.2, -0.15) is 4.72 Å². The van der Waals surface area contributed by atoms with Crippen molar-refractivity contribution in [2.24, 2.45) is 0 Å². The average molecular weight is 397 g/mol. The van der Waals surface area contributed by atoms with Crippen LogP contribution >= 0.6 is 11.6 Å². The van der Waals surface area contributed by atoms with Gasteiger partial charge in [0.25, 0.3) is 0 Å². The van der Waals surface area contributed by atoms with Crippen LogP contribution in [0.3, 0.4) is 0 Å². The summed E-state index contributed by atoms with van der Waals surface area (Å²) in [6.07, 6.45) is 0.232. The van der Waals surface area contributed by atoms with Crippen molar-refractivity contribution in [3.63, 3.8) is 0 Å². The van der Waals surface area contributed by atoms with E-state index in [4.69, 9.17) is 16.3 Å². The molecule has 6 nitrogen and oxygen atoms in total. The van der Waals surface area contributed by atoms with Gasteiger partial charge in [-0.3, -0.25) is 4.79 Å². The lowest BCUT2D eigenvalue weighted by atomic mass is 10.1. The molecule has 140 valence electrons. The first-order valence-electron chi connectivity index (χ1n) is 8.05. The van der Waals surface area contributed by atoms with Gasteiger partial charge in [-0.1, -0.05) is 41.9 Å². The molecular weight excluding hydrogens is 376 g/mol. The predicted octanol–water partition coefficient (Wildman–Crippen LogP) is 2.37. The fourth-order valence-corrected chi connectivity index (χ4v) is 3.95. The maximum absolute atomic E-state index is 12.7. The van der Waals surface area contributed by atoms with Crippen molar-refractivity contribution in [3.05, 3.63) is 59.1 Å².